The number of nitrogens with one attached hydrogen (secondary N) is 1. The smallest absolute Gasteiger partial charge is 0.246 e. The number of aryl methyl sites for hydroxylation is 1. The summed E-state index contributed by atoms with van der Waals surface area (Å²) in [4.78, 5) is 13.7. The van der Waals surface area contributed by atoms with Gasteiger partial charge in [-0.15, -0.1) is 11.3 Å². The Bertz CT molecular complexity index is 729. The lowest BCUT2D eigenvalue weighted by atomic mass is 9.99. The molecule has 2 aliphatic carbocycles. The van der Waals surface area contributed by atoms with E-state index < -0.39 is 10.0 Å². The maximum Gasteiger partial charge on any atom is 0.246 e. The van der Waals surface area contributed by atoms with Crippen LogP contribution in [0.4, 0.5) is 5.00 Å². The van der Waals surface area contributed by atoms with Crippen LogP contribution in [0.3, 0.4) is 0 Å². The van der Waals surface area contributed by atoms with Gasteiger partial charge < -0.3 is 5.32 Å². The van der Waals surface area contributed by atoms with E-state index in [0.717, 1.165) is 61.8 Å². The minimum atomic E-state index is -3.49. The van der Waals surface area contributed by atoms with Crippen molar-refractivity contribution in [1.82, 2.24) is 4.31 Å². The van der Waals surface area contributed by atoms with Crippen molar-refractivity contribution in [2.24, 2.45) is 5.92 Å². The summed E-state index contributed by atoms with van der Waals surface area (Å²) in [6, 6.07) is 0. The second-order valence-electron chi connectivity index (χ2n) is 6.74. The van der Waals surface area contributed by atoms with Gasteiger partial charge in [-0.3, -0.25) is 4.79 Å². The zero-order valence-electron chi connectivity index (χ0n) is 13.1. The Hall–Kier alpha value is -0.920. The quantitative estimate of drug-likeness (QED) is 0.904. The third kappa shape index (κ3) is 2.83. The van der Waals surface area contributed by atoms with Crippen molar-refractivity contribution in [3.63, 3.8) is 0 Å². The Balaban J connectivity index is 1.75. The number of rotatable bonds is 4. The molecule has 1 aliphatic heterocycles. The Morgan fingerprint density at radius 2 is 1.78 bits per heavy atom. The normalized spacial score (nSPS) is 22.1. The number of carbonyl (C=O) groups is 1. The molecule has 126 valence electrons. The first-order valence-corrected chi connectivity index (χ1v) is 10.8. The van der Waals surface area contributed by atoms with E-state index in [-0.39, 0.29) is 11.8 Å². The third-order valence-corrected chi connectivity index (χ3v) is 8.32. The standard InChI is InChI=1S/C16H22N2O3S2/c19-15(11-7-8-11)17-16-14(12-5-1-2-6-13(12)22-16)23(20,21)18-9-3-4-10-18/h11H,1-10H2,(H,17,19). The molecule has 0 spiro atoms. The molecule has 2 heterocycles. The van der Waals surface area contributed by atoms with Crippen LogP contribution in [-0.2, 0) is 27.7 Å². The monoisotopic (exact) mass is 354 g/mol. The predicted molar refractivity (Wildman–Crippen MR) is 90.3 cm³/mol. The summed E-state index contributed by atoms with van der Waals surface area (Å²) in [5, 5.41) is 3.50. The minimum Gasteiger partial charge on any atom is -0.316 e. The van der Waals surface area contributed by atoms with E-state index in [9.17, 15) is 13.2 Å². The number of amides is 1. The summed E-state index contributed by atoms with van der Waals surface area (Å²) in [6.45, 7) is 1.20. The molecular weight excluding hydrogens is 332 g/mol. The van der Waals surface area contributed by atoms with Crippen LogP contribution in [-0.4, -0.2) is 31.7 Å². The molecule has 1 amide bonds. The number of fused-ring (bicyclic) bond motifs is 1. The molecule has 1 saturated carbocycles. The SMILES string of the molecule is O=C(Nc1sc2c(c1S(=O)(=O)N1CCCC1)CCCC2)C1CC1. The Labute approximate surface area is 141 Å². The molecule has 3 aliphatic rings. The first-order chi connectivity index (χ1) is 11.1. The van der Waals surface area contributed by atoms with Crippen molar-refractivity contribution in [2.45, 2.75) is 56.3 Å². The summed E-state index contributed by atoms with van der Waals surface area (Å²) in [6.07, 6.45) is 7.57. The average molecular weight is 354 g/mol. The van der Waals surface area contributed by atoms with Crippen LogP contribution in [0.2, 0.25) is 0 Å². The maximum atomic E-state index is 13.1. The molecule has 0 atom stereocenters. The Morgan fingerprint density at radius 3 is 2.48 bits per heavy atom. The van der Waals surface area contributed by atoms with Gasteiger partial charge in [0.25, 0.3) is 0 Å². The molecule has 0 unspecified atom stereocenters. The lowest BCUT2D eigenvalue weighted by Gasteiger charge is -2.19. The van der Waals surface area contributed by atoms with Gasteiger partial charge in [0, 0.05) is 23.9 Å². The van der Waals surface area contributed by atoms with Crippen molar-refractivity contribution >= 4 is 32.3 Å². The average Bonchev–Trinajstić information content (AvgIpc) is 3.09. The number of nitrogens with zero attached hydrogens (tertiary/aromatic N) is 1. The minimum absolute atomic E-state index is 0.0125. The van der Waals surface area contributed by atoms with Crippen molar-refractivity contribution in [2.75, 3.05) is 18.4 Å². The number of hydrogen-bond acceptors (Lipinski definition) is 4. The maximum absolute atomic E-state index is 13.1. The highest BCUT2D eigenvalue weighted by atomic mass is 32.2. The number of carbonyl (C=O) groups excluding carboxylic acids is 1. The second kappa shape index (κ2) is 5.86. The largest absolute Gasteiger partial charge is 0.316 e. The number of hydrogen-bond donors (Lipinski definition) is 1. The van der Waals surface area contributed by atoms with Crippen molar-refractivity contribution in [3.8, 4) is 0 Å². The topological polar surface area (TPSA) is 66.5 Å². The Kier molecular flexibility index (Phi) is 3.98. The molecule has 2 fully saturated rings. The van der Waals surface area contributed by atoms with E-state index in [0.29, 0.717) is 23.0 Å². The summed E-state index contributed by atoms with van der Waals surface area (Å²) >= 11 is 1.48. The molecule has 1 aromatic heterocycles. The van der Waals surface area contributed by atoms with Gasteiger partial charge in [-0.2, -0.15) is 4.31 Å². The first-order valence-electron chi connectivity index (χ1n) is 8.53. The first kappa shape index (κ1) is 15.6. The second-order valence-corrected chi connectivity index (χ2v) is 9.72. The van der Waals surface area contributed by atoms with Crippen LogP contribution in [0.25, 0.3) is 0 Å². The lowest BCUT2D eigenvalue weighted by Crippen LogP contribution is -2.29. The van der Waals surface area contributed by atoms with Crippen molar-refractivity contribution in [1.29, 1.82) is 0 Å². The molecule has 1 aromatic rings. The predicted octanol–water partition coefficient (Wildman–Crippen LogP) is 2.76. The third-order valence-electron chi connectivity index (χ3n) is 4.97. The summed E-state index contributed by atoms with van der Waals surface area (Å²) in [5.41, 5.74) is 0.972. The van der Waals surface area contributed by atoms with Gasteiger partial charge in [-0.1, -0.05) is 0 Å². The van der Waals surface area contributed by atoms with Crippen LogP contribution in [0.5, 0.6) is 0 Å². The molecule has 0 aromatic carbocycles. The van der Waals surface area contributed by atoms with Crippen LogP contribution in [0.1, 0.15) is 49.0 Å². The van der Waals surface area contributed by atoms with Gasteiger partial charge in [0.05, 0.1) is 0 Å². The molecule has 1 N–H and O–H groups in total. The van der Waals surface area contributed by atoms with E-state index in [2.05, 4.69) is 5.32 Å². The van der Waals surface area contributed by atoms with E-state index in [1.165, 1.54) is 11.3 Å². The van der Waals surface area contributed by atoms with Crippen LogP contribution >= 0.6 is 11.3 Å². The fraction of sp³-hybridized carbons (Fsp3) is 0.688. The zero-order chi connectivity index (χ0) is 16.0. The fourth-order valence-corrected chi connectivity index (χ4v) is 7.02. The van der Waals surface area contributed by atoms with Gasteiger partial charge in [-0.05, 0) is 56.9 Å². The highest BCUT2D eigenvalue weighted by Gasteiger charge is 2.37. The molecule has 7 heteroatoms. The molecule has 0 radical (unpaired) electrons. The number of sulfonamides is 1. The van der Waals surface area contributed by atoms with Gasteiger partial charge in [0.15, 0.2) is 0 Å². The van der Waals surface area contributed by atoms with E-state index in [1.54, 1.807) is 4.31 Å². The summed E-state index contributed by atoms with van der Waals surface area (Å²) in [5.74, 6) is 0.0675. The van der Waals surface area contributed by atoms with Crippen LogP contribution in [0, 0.1) is 5.92 Å². The highest BCUT2D eigenvalue weighted by molar-refractivity contribution is 7.89. The highest BCUT2D eigenvalue weighted by Crippen LogP contribution is 2.43. The molecule has 1 saturated heterocycles. The van der Waals surface area contributed by atoms with Crippen LogP contribution in [0.15, 0.2) is 4.90 Å². The van der Waals surface area contributed by atoms with Gasteiger partial charge in [-0.25, -0.2) is 8.42 Å². The fourth-order valence-electron chi connectivity index (χ4n) is 3.51. The number of thiophene rings is 1. The van der Waals surface area contributed by atoms with E-state index in [1.807, 2.05) is 0 Å². The van der Waals surface area contributed by atoms with E-state index in [4.69, 9.17) is 0 Å². The summed E-state index contributed by atoms with van der Waals surface area (Å²) in [7, 11) is -3.49. The van der Waals surface area contributed by atoms with Crippen molar-refractivity contribution in [3.05, 3.63) is 10.4 Å². The molecule has 4 rings (SSSR count). The van der Waals surface area contributed by atoms with E-state index >= 15 is 0 Å². The summed E-state index contributed by atoms with van der Waals surface area (Å²) < 4.78 is 27.9. The zero-order valence-corrected chi connectivity index (χ0v) is 14.8. The van der Waals surface area contributed by atoms with Crippen molar-refractivity contribution < 1.29 is 13.2 Å². The lowest BCUT2D eigenvalue weighted by molar-refractivity contribution is -0.117. The molecular formula is C16H22N2O3S2. The van der Waals surface area contributed by atoms with Gasteiger partial charge in [0.2, 0.25) is 15.9 Å². The van der Waals surface area contributed by atoms with Crippen LogP contribution < -0.4 is 5.32 Å². The van der Waals surface area contributed by atoms with Gasteiger partial charge >= 0.3 is 0 Å². The Morgan fingerprint density at radius 1 is 1.09 bits per heavy atom. The number of anilines is 1. The van der Waals surface area contributed by atoms with Gasteiger partial charge in [0.1, 0.15) is 9.90 Å². The molecule has 0 bridgehead atoms. The molecule has 23 heavy (non-hydrogen) atoms. The molecule has 5 nitrogen and oxygen atoms in total.